The van der Waals surface area contributed by atoms with E-state index in [0.29, 0.717) is 43.8 Å². The van der Waals surface area contributed by atoms with Gasteiger partial charge in [0.05, 0.1) is 0 Å². The Morgan fingerprint density at radius 1 is 1.28 bits per heavy atom. The van der Waals surface area contributed by atoms with Crippen molar-refractivity contribution in [2.24, 2.45) is 10.9 Å². The molecule has 2 aliphatic carbocycles. The fraction of sp³-hybridized carbons (Fsp3) is 0.704. The molecule has 2 aliphatic heterocycles. The zero-order valence-corrected chi connectivity index (χ0v) is 22.1. The minimum Gasteiger partial charge on any atom is -0.374 e. The van der Waals surface area contributed by atoms with Gasteiger partial charge in [0.25, 0.3) is 0 Å². The number of hydrogen-bond donors (Lipinski definition) is 3. The predicted octanol–water partition coefficient (Wildman–Crippen LogP) is 2.67. The van der Waals surface area contributed by atoms with E-state index in [1.54, 1.807) is 7.05 Å². The summed E-state index contributed by atoms with van der Waals surface area (Å²) in [5.74, 6) is 0.277. The second-order valence-electron chi connectivity index (χ2n) is 10.3. The number of nitrogens with one attached hydrogen (secondary N) is 3. The average molecular weight is 503 g/mol. The summed E-state index contributed by atoms with van der Waals surface area (Å²) in [6.07, 6.45) is 9.02. The first-order chi connectivity index (χ1) is 17.5. The van der Waals surface area contributed by atoms with Crippen LogP contribution in [0, 0.1) is 5.92 Å². The second kappa shape index (κ2) is 12.8. The molecule has 0 aromatic rings. The molecular weight excluding hydrogens is 459 g/mol. The van der Waals surface area contributed by atoms with Crippen molar-refractivity contribution in [3.05, 3.63) is 34.9 Å². The number of methoxy groups -OCH3 is 1. The Hall–Kier alpha value is -2.23. The number of rotatable bonds is 8. The summed E-state index contributed by atoms with van der Waals surface area (Å²) in [5.41, 5.74) is 3.05. The third kappa shape index (κ3) is 6.75. The molecule has 4 rings (SSSR count). The van der Waals surface area contributed by atoms with Crippen LogP contribution in [0.5, 0.6) is 0 Å². The number of carbonyl (C=O) groups is 1. The number of allylic oxidation sites excluding steroid dienone is 2. The lowest BCUT2D eigenvalue weighted by atomic mass is 9.83. The number of guanidine groups is 1. The molecule has 0 aromatic heterocycles. The van der Waals surface area contributed by atoms with Gasteiger partial charge in [-0.25, -0.2) is 9.38 Å². The highest BCUT2D eigenvalue weighted by atomic mass is 19.1. The van der Waals surface area contributed by atoms with E-state index in [1.165, 1.54) is 45.4 Å². The highest BCUT2D eigenvalue weighted by Gasteiger charge is 2.33. The monoisotopic (exact) mass is 502 g/mol. The zero-order valence-electron chi connectivity index (χ0n) is 22.1. The quantitative estimate of drug-likeness (QED) is 0.474. The largest absolute Gasteiger partial charge is 0.374 e. The lowest BCUT2D eigenvalue weighted by Crippen LogP contribution is -2.50. The van der Waals surface area contributed by atoms with E-state index >= 15 is 0 Å². The van der Waals surface area contributed by atoms with E-state index in [-0.39, 0.29) is 17.7 Å². The van der Waals surface area contributed by atoms with Gasteiger partial charge in [-0.2, -0.15) is 0 Å². The summed E-state index contributed by atoms with van der Waals surface area (Å²) < 4.78 is 20.2. The molecule has 0 spiro atoms. The van der Waals surface area contributed by atoms with Crippen molar-refractivity contribution < 1.29 is 13.9 Å². The number of nitrogens with zero attached hydrogens (tertiary/aromatic N) is 3. The molecule has 1 saturated heterocycles. The topological polar surface area (TPSA) is 81.2 Å². The normalized spacial score (nSPS) is 28.1. The summed E-state index contributed by atoms with van der Waals surface area (Å²) in [6.45, 7) is 8.80. The van der Waals surface area contributed by atoms with Crippen molar-refractivity contribution in [2.75, 3.05) is 53.4 Å². The summed E-state index contributed by atoms with van der Waals surface area (Å²) in [6, 6.07) is 0.650. The van der Waals surface area contributed by atoms with E-state index in [0.717, 1.165) is 30.9 Å². The fourth-order valence-corrected chi connectivity index (χ4v) is 5.74. The Morgan fingerprint density at radius 3 is 2.69 bits per heavy atom. The molecule has 0 radical (unpaired) electrons. The number of halogens is 1. The highest BCUT2D eigenvalue weighted by Crippen LogP contribution is 2.35. The van der Waals surface area contributed by atoms with Crippen molar-refractivity contribution in [3.63, 3.8) is 0 Å². The van der Waals surface area contributed by atoms with Crippen LogP contribution in [0.1, 0.15) is 51.9 Å². The van der Waals surface area contributed by atoms with Crippen LogP contribution in [0.2, 0.25) is 0 Å². The highest BCUT2D eigenvalue weighted by molar-refractivity contribution is 5.83. The molecule has 3 N–H and O–H groups in total. The molecule has 0 unspecified atom stereocenters. The van der Waals surface area contributed by atoms with Gasteiger partial charge in [0.1, 0.15) is 11.9 Å². The van der Waals surface area contributed by atoms with Crippen LogP contribution in [0.15, 0.2) is 39.9 Å². The van der Waals surface area contributed by atoms with Crippen LogP contribution in [-0.4, -0.2) is 87.2 Å². The maximum atomic E-state index is 14.8. The van der Waals surface area contributed by atoms with Crippen molar-refractivity contribution in [3.8, 4) is 0 Å². The summed E-state index contributed by atoms with van der Waals surface area (Å²) in [5, 5.41) is 9.53. The number of piperazine rings is 1. The first kappa shape index (κ1) is 26.8. The fourth-order valence-electron chi connectivity index (χ4n) is 5.74. The summed E-state index contributed by atoms with van der Waals surface area (Å²) >= 11 is 0. The van der Waals surface area contributed by atoms with Crippen LogP contribution in [-0.2, 0) is 9.53 Å². The van der Waals surface area contributed by atoms with E-state index in [1.807, 2.05) is 6.20 Å². The van der Waals surface area contributed by atoms with Gasteiger partial charge in [0.15, 0.2) is 5.96 Å². The van der Waals surface area contributed by atoms with Gasteiger partial charge in [0, 0.05) is 70.7 Å². The molecule has 0 aromatic carbocycles. The Kier molecular flexibility index (Phi) is 9.56. The molecule has 2 heterocycles. The van der Waals surface area contributed by atoms with Crippen molar-refractivity contribution in [1.82, 2.24) is 25.8 Å². The number of carbonyl (C=O) groups excluding carboxylic acids is 1. The molecule has 0 bridgehead atoms. The Morgan fingerprint density at radius 2 is 2.08 bits per heavy atom. The second-order valence-corrected chi connectivity index (χ2v) is 10.3. The Bertz CT molecular complexity index is 906. The van der Waals surface area contributed by atoms with Gasteiger partial charge in [-0.05, 0) is 62.6 Å². The SMILES string of the molecule is CCN1CCN([C@@H]2CC=C(NC3=NC=C(CCC4=C(F)[C@H](OC)C[C@H](C(=O)NC)C4)CN3)CC2)CC1. The van der Waals surface area contributed by atoms with Crippen LogP contribution in [0.4, 0.5) is 4.39 Å². The van der Waals surface area contributed by atoms with Gasteiger partial charge in [-0.15, -0.1) is 0 Å². The van der Waals surface area contributed by atoms with Gasteiger partial charge in [0.2, 0.25) is 5.91 Å². The van der Waals surface area contributed by atoms with Crippen LogP contribution >= 0.6 is 0 Å². The number of likely N-dealkylation sites (N-methyl/N-ethyl adjacent to an activating group) is 1. The van der Waals surface area contributed by atoms with E-state index in [2.05, 4.69) is 43.7 Å². The lowest BCUT2D eigenvalue weighted by molar-refractivity contribution is -0.125. The molecule has 8 nitrogen and oxygen atoms in total. The van der Waals surface area contributed by atoms with E-state index in [4.69, 9.17) is 4.74 Å². The smallest absolute Gasteiger partial charge is 0.223 e. The maximum absolute atomic E-state index is 14.8. The third-order valence-corrected chi connectivity index (χ3v) is 8.15. The van der Waals surface area contributed by atoms with Gasteiger partial charge < -0.3 is 25.6 Å². The van der Waals surface area contributed by atoms with E-state index < -0.39 is 6.10 Å². The summed E-state index contributed by atoms with van der Waals surface area (Å²) in [7, 11) is 3.12. The zero-order chi connectivity index (χ0) is 25.5. The minimum atomic E-state index is -0.632. The molecule has 9 heteroatoms. The average Bonchev–Trinajstić information content (AvgIpc) is 2.93. The van der Waals surface area contributed by atoms with Crippen molar-refractivity contribution >= 4 is 11.9 Å². The lowest BCUT2D eigenvalue weighted by Gasteiger charge is -2.40. The molecule has 200 valence electrons. The van der Waals surface area contributed by atoms with E-state index in [9.17, 15) is 9.18 Å². The molecule has 0 saturated carbocycles. The third-order valence-electron chi connectivity index (χ3n) is 8.15. The first-order valence-electron chi connectivity index (χ1n) is 13.5. The van der Waals surface area contributed by atoms with Gasteiger partial charge in [-0.3, -0.25) is 9.69 Å². The van der Waals surface area contributed by atoms with Gasteiger partial charge in [-0.1, -0.05) is 13.0 Å². The number of ether oxygens (including phenoxy) is 1. The standard InChI is InChI=1S/C27H43FN6O2/c1-4-33-11-13-34(14-12-33)23-9-7-22(8-10-23)32-27-30-17-19(18-31-27)5-6-20-15-21(26(35)29-2)16-24(36-3)25(20)28/h7,17,21,23-24H,4-6,8-16,18H2,1-3H3,(H,29,35)(H2,30,31,32)/t21-,23-,24-/m1/s1. The Balaban J connectivity index is 1.25. The molecule has 1 fully saturated rings. The number of aliphatic imine (C=N–C) groups is 1. The number of amides is 1. The van der Waals surface area contributed by atoms with Crippen LogP contribution in [0.25, 0.3) is 0 Å². The van der Waals surface area contributed by atoms with Crippen molar-refractivity contribution in [1.29, 1.82) is 0 Å². The molecule has 36 heavy (non-hydrogen) atoms. The summed E-state index contributed by atoms with van der Waals surface area (Å²) in [4.78, 5) is 21.9. The maximum Gasteiger partial charge on any atom is 0.223 e. The first-order valence-corrected chi connectivity index (χ1v) is 13.5. The molecule has 1 amide bonds. The molecule has 4 aliphatic rings. The molecular formula is C27H43FN6O2. The predicted molar refractivity (Wildman–Crippen MR) is 141 cm³/mol. The van der Waals surface area contributed by atoms with Crippen LogP contribution < -0.4 is 16.0 Å². The Labute approximate surface area is 215 Å². The van der Waals surface area contributed by atoms with Crippen molar-refractivity contribution in [2.45, 2.75) is 64.0 Å². The minimum absolute atomic E-state index is 0.0525. The number of hydrogen-bond acceptors (Lipinski definition) is 7. The van der Waals surface area contributed by atoms with Crippen LogP contribution in [0.3, 0.4) is 0 Å². The molecule has 3 atom stereocenters. The van der Waals surface area contributed by atoms with Gasteiger partial charge >= 0.3 is 0 Å².